The number of likely N-dealkylation sites (tertiary alicyclic amines) is 1. The number of carbonyl (C=O) groups excluding carboxylic acids is 1. The first-order valence-corrected chi connectivity index (χ1v) is 6.69. The highest BCUT2D eigenvalue weighted by Gasteiger charge is 2.29. The summed E-state index contributed by atoms with van der Waals surface area (Å²) in [5.74, 6) is 0.117. The molecule has 2 atom stereocenters. The lowest BCUT2D eigenvalue weighted by atomic mass is 10.0. The van der Waals surface area contributed by atoms with Crippen LogP contribution in [0.25, 0.3) is 10.9 Å². The molecule has 0 aliphatic carbocycles. The molecule has 1 saturated heterocycles. The van der Waals surface area contributed by atoms with E-state index in [0.29, 0.717) is 6.54 Å². The van der Waals surface area contributed by atoms with Crippen molar-refractivity contribution in [2.45, 2.75) is 25.5 Å². The van der Waals surface area contributed by atoms with Gasteiger partial charge in [0.25, 0.3) is 0 Å². The number of carbonyl (C=O) groups is 1. The zero-order valence-electron chi connectivity index (χ0n) is 11.0. The van der Waals surface area contributed by atoms with E-state index in [2.05, 4.69) is 9.88 Å². The molecule has 19 heavy (non-hydrogen) atoms. The van der Waals surface area contributed by atoms with Crippen LogP contribution in [-0.2, 0) is 0 Å². The SMILES string of the molecule is CC(C(=O)c1c[nH]c2ccccc12)N1CC[C@H](O)C1. The Morgan fingerprint density at radius 2 is 2.26 bits per heavy atom. The molecule has 3 rings (SSSR count). The molecule has 1 aromatic carbocycles. The van der Waals surface area contributed by atoms with Gasteiger partial charge in [0.15, 0.2) is 5.78 Å². The highest BCUT2D eigenvalue weighted by molar-refractivity contribution is 6.10. The van der Waals surface area contributed by atoms with E-state index >= 15 is 0 Å². The maximum absolute atomic E-state index is 12.6. The van der Waals surface area contributed by atoms with Crippen LogP contribution in [0.15, 0.2) is 30.5 Å². The minimum Gasteiger partial charge on any atom is -0.392 e. The summed E-state index contributed by atoms with van der Waals surface area (Å²) in [6, 6.07) is 7.64. The lowest BCUT2D eigenvalue weighted by Gasteiger charge is -2.22. The molecule has 0 bridgehead atoms. The third-order valence-corrected chi connectivity index (χ3v) is 3.98. The molecule has 1 aliphatic heterocycles. The Labute approximate surface area is 112 Å². The van der Waals surface area contributed by atoms with Crippen molar-refractivity contribution in [3.05, 3.63) is 36.0 Å². The van der Waals surface area contributed by atoms with Gasteiger partial charge >= 0.3 is 0 Å². The maximum Gasteiger partial charge on any atom is 0.181 e. The summed E-state index contributed by atoms with van der Waals surface area (Å²) in [5.41, 5.74) is 1.73. The van der Waals surface area contributed by atoms with E-state index in [9.17, 15) is 9.90 Å². The van der Waals surface area contributed by atoms with Gasteiger partial charge in [0.05, 0.1) is 12.1 Å². The van der Waals surface area contributed by atoms with Crippen LogP contribution in [0.2, 0.25) is 0 Å². The minimum atomic E-state index is -0.293. The van der Waals surface area contributed by atoms with E-state index in [-0.39, 0.29) is 17.9 Å². The van der Waals surface area contributed by atoms with Gasteiger partial charge in [0.1, 0.15) is 0 Å². The molecule has 2 aromatic rings. The number of aromatic amines is 1. The van der Waals surface area contributed by atoms with E-state index < -0.39 is 0 Å². The van der Waals surface area contributed by atoms with Crippen molar-refractivity contribution in [2.75, 3.05) is 13.1 Å². The van der Waals surface area contributed by atoms with Gasteiger partial charge in [-0.15, -0.1) is 0 Å². The zero-order chi connectivity index (χ0) is 13.4. The second-order valence-corrected chi connectivity index (χ2v) is 5.23. The number of benzene rings is 1. The van der Waals surface area contributed by atoms with Gasteiger partial charge in [-0.25, -0.2) is 0 Å². The van der Waals surface area contributed by atoms with Crippen LogP contribution >= 0.6 is 0 Å². The molecule has 2 heterocycles. The molecule has 1 fully saturated rings. The number of nitrogens with one attached hydrogen (secondary N) is 1. The quantitative estimate of drug-likeness (QED) is 0.825. The fraction of sp³-hybridized carbons (Fsp3) is 0.400. The van der Waals surface area contributed by atoms with Gasteiger partial charge in [-0.3, -0.25) is 9.69 Å². The third kappa shape index (κ3) is 2.17. The van der Waals surface area contributed by atoms with Crippen molar-refractivity contribution in [2.24, 2.45) is 0 Å². The van der Waals surface area contributed by atoms with E-state index in [1.807, 2.05) is 31.2 Å². The molecule has 1 aromatic heterocycles. The molecular weight excluding hydrogens is 240 g/mol. The molecule has 0 amide bonds. The molecule has 1 aliphatic rings. The minimum absolute atomic E-state index is 0.117. The van der Waals surface area contributed by atoms with E-state index in [1.165, 1.54) is 0 Å². The molecular formula is C15H18N2O2. The number of nitrogens with zero attached hydrogens (tertiary/aromatic N) is 1. The topological polar surface area (TPSA) is 56.3 Å². The Morgan fingerprint density at radius 3 is 3.00 bits per heavy atom. The predicted octanol–water partition coefficient (Wildman–Crippen LogP) is 1.81. The summed E-state index contributed by atoms with van der Waals surface area (Å²) < 4.78 is 0. The van der Waals surface area contributed by atoms with Gasteiger partial charge in [-0.05, 0) is 19.4 Å². The Hall–Kier alpha value is -1.65. The highest BCUT2D eigenvalue weighted by atomic mass is 16.3. The van der Waals surface area contributed by atoms with Crippen molar-refractivity contribution in [3.8, 4) is 0 Å². The second-order valence-electron chi connectivity index (χ2n) is 5.23. The average molecular weight is 258 g/mol. The van der Waals surface area contributed by atoms with E-state index in [4.69, 9.17) is 0 Å². The van der Waals surface area contributed by atoms with Gasteiger partial charge in [-0.2, -0.15) is 0 Å². The van der Waals surface area contributed by atoms with Crippen LogP contribution in [0.3, 0.4) is 0 Å². The molecule has 4 heteroatoms. The predicted molar refractivity (Wildman–Crippen MR) is 74.3 cm³/mol. The Balaban J connectivity index is 1.87. The summed E-state index contributed by atoms with van der Waals surface area (Å²) in [7, 11) is 0. The molecule has 100 valence electrons. The number of hydrogen-bond acceptors (Lipinski definition) is 3. The number of hydrogen-bond donors (Lipinski definition) is 2. The number of aromatic nitrogens is 1. The van der Waals surface area contributed by atoms with Gasteiger partial charge < -0.3 is 10.1 Å². The lowest BCUT2D eigenvalue weighted by molar-refractivity contribution is 0.0849. The summed E-state index contributed by atoms with van der Waals surface area (Å²) in [4.78, 5) is 17.8. The van der Waals surface area contributed by atoms with Crippen molar-refractivity contribution in [1.82, 2.24) is 9.88 Å². The lowest BCUT2D eigenvalue weighted by Crippen LogP contribution is -2.37. The van der Waals surface area contributed by atoms with E-state index in [1.54, 1.807) is 6.20 Å². The van der Waals surface area contributed by atoms with E-state index in [0.717, 1.165) is 29.4 Å². The average Bonchev–Trinajstić information content (AvgIpc) is 3.03. The largest absolute Gasteiger partial charge is 0.392 e. The number of β-amino-alcohol motifs (C(OH)–C–C–N with tert-alkyl or cyclic N) is 1. The molecule has 0 radical (unpaired) electrons. The Bertz CT molecular complexity index is 605. The van der Waals surface area contributed by atoms with Crippen molar-refractivity contribution in [3.63, 3.8) is 0 Å². The summed E-state index contributed by atoms with van der Waals surface area (Å²) in [6.45, 7) is 3.30. The fourth-order valence-electron chi connectivity index (χ4n) is 2.79. The standard InChI is InChI=1S/C15H18N2O2/c1-10(17-7-6-11(18)9-17)15(19)13-8-16-14-5-3-2-4-12(13)14/h2-5,8,10-11,16,18H,6-7,9H2,1H3/t10?,11-/m0/s1. The highest BCUT2D eigenvalue weighted by Crippen LogP contribution is 2.22. The molecule has 2 N–H and O–H groups in total. The van der Waals surface area contributed by atoms with Gasteiger partial charge in [-0.1, -0.05) is 18.2 Å². The van der Waals surface area contributed by atoms with Crippen molar-refractivity contribution in [1.29, 1.82) is 0 Å². The number of rotatable bonds is 3. The number of para-hydroxylation sites is 1. The third-order valence-electron chi connectivity index (χ3n) is 3.98. The first-order chi connectivity index (χ1) is 9.16. The molecule has 0 saturated carbocycles. The fourth-order valence-corrected chi connectivity index (χ4v) is 2.79. The molecule has 1 unspecified atom stereocenters. The van der Waals surface area contributed by atoms with Crippen LogP contribution < -0.4 is 0 Å². The van der Waals surface area contributed by atoms with Crippen LogP contribution in [0.4, 0.5) is 0 Å². The van der Waals surface area contributed by atoms with Crippen LogP contribution in [0.1, 0.15) is 23.7 Å². The number of H-pyrrole nitrogens is 1. The smallest absolute Gasteiger partial charge is 0.181 e. The zero-order valence-corrected chi connectivity index (χ0v) is 11.0. The summed E-state index contributed by atoms with van der Waals surface area (Å²) >= 11 is 0. The van der Waals surface area contributed by atoms with Gasteiger partial charge in [0, 0.05) is 35.8 Å². The second kappa shape index (κ2) is 4.79. The number of aliphatic hydroxyl groups is 1. The maximum atomic E-state index is 12.6. The monoisotopic (exact) mass is 258 g/mol. The number of ketones is 1. The summed E-state index contributed by atoms with van der Waals surface area (Å²) in [6.07, 6.45) is 2.25. The number of aliphatic hydroxyl groups excluding tert-OH is 1. The van der Waals surface area contributed by atoms with Crippen molar-refractivity contribution < 1.29 is 9.90 Å². The Morgan fingerprint density at radius 1 is 1.47 bits per heavy atom. The first-order valence-electron chi connectivity index (χ1n) is 6.69. The van der Waals surface area contributed by atoms with Crippen LogP contribution in [0.5, 0.6) is 0 Å². The summed E-state index contributed by atoms with van der Waals surface area (Å²) in [5, 5.41) is 10.5. The van der Waals surface area contributed by atoms with Crippen LogP contribution in [-0.4, -0.2) is 46.0 Å². The molecule has 4 nitrogen and oxygen atoms in total. The van der Waals surface area contributed by atoms with Gasteiger partial charge in [0.2, 0.25) is 0 Å². The van der Waals surface area contributed by atoms with Crippen molar-refractivity contribution >= 4 is 16.7 Å². The Kier molecular flexibility index (Phi) is 3.12. The first kappa shape index (κ1) is 12.4. The number of fused-ring (bicyclic) bond motifs is 1. The molecule has 0 spiro atoms. The normalized spacial score (nSPS) is 21.9. The van der Waals surface area contributed by atoms with Crippen LogP contribution in [0, 0.1) is 0 Å². The number of Topliss-reactive ketones (excluding diaryl/α,β-unsaturated/α-hetero) is 1.